The van der Waals surface area contributed by atoms with Gasteiger partial charge in [0.2, 0.25) is 10.0 Å². The average Bonchev–Trinajstić information content (AvgIpc) is 2.69. The fraction of sp³-hybridized carbons (Fsp3) is 0.316. The van der Waals surface area contributed by atoms with E-state index in [-0.39, 0.29) is 17.0 Å². The van der Waals surface area contributed by atoms with E-state index in [1.165, 1.54) is 16.4 Å². The summed E-state index contributed by atoms with van der Waals surface area (Å²) in [5.41, 5.74) is 0.592. The molecule has 1 heterocycles. The summed E-state index contributed by atoms with van der Waals surface area (Å²) < 4.78 is 58.2. The van der Waals surface area contributed by atoms with E-state index in [2.05, 4.69) is 5.32 Å². The molecule has 2 aromatic carbocycles. The Bertz CT molecular complexity index is 943. The highest BCUT2D eigenvalue weighted by molar-refractivity contribution is 7.89. The molecule has 1 aliphatic rings. The van der Waals surface area contributed by atoms with Crippen LogP contribution in [0.4, 0.5) is 8.78 Å². The van der Waals surface area contributed by atoms with Crippen LogP contribution in [0.25, 0.3) is 0 Å². The third kappa shape index (κ3) is 4.73. The molecule has 1 fully saturated rings. The Hall–Kier alpha value is -2.36. The fourth-order valence-corrected chi connectivity index (χ4v) is 4.26. The number of hydrogen-bond acceptors (Lipinski definition) is 4. The van der Waals surface area contributed by atoms with Gasteiger partial charge in [-0.05, 0) is 36.2 Å². The predicted octanol–water partition coefficient (Wildman–Crippen LogP) is 1.96. The van der Waals surface area contributed by atoms with Crippen LogP contribution in [0.15, 0.2) is 47.4 Å². The number of benzene rings is 2. The number of morpholine rings is 1. The van der Waals surface area contributed by atoms with Crippen molar-refractivity contribution in [1.29, 1.82) is 0 Å². The third-order valence-corrected chi connectivity index (χ3v) is 6.32. The zero-order valence-electron chi connectivity index (χ0n) is 15.0. The minimum absolute atomic E-state index is 0.204. The van der Waals surface area contributed by atoms with Gasteiger partial charge in [0.15, 0.2) is 0 Å². The van der Waals surface area contributed by atoms with Gasteiger partial charge in [-0.1, -0.05) is 12.1 Å². The lowest BCUT2D eigenvalue weighted by atomic mass is 10.1. The van der Waals surface area contributed by atoms with Crippen LogP contribution in [0.5, 0.6) is 0 Å². The molecule has 3 rings (SSSR count). The summed E-state index contributed by atoms with van der Waals surface area (Å²) in [5.74, 6) is -2.31. The van der Waals surface area contributed by atoms with Crippen LogP contribution in [0.3, 0.4) is 0 Å². The summed E-state index contributed by atoms with van der Waals surface area (Å²) in [5, 5.41) is 2.56. The molecule has 0 aliphatic carbocycles. The number of halogens is 2. The average molecular weight is 410 g/mol. The van der Waals surface area contributed by atoms with Crippen LogP contribution in [-0.2, 0) is 21.2 Å². The lowest BCUT2D eigenvalue weighted by Gasteiger charge is -2.26. The van der Waals surface area contributed by atoms with Crippen molar-refractivity contribution in [2.75, 3.05) is 32.8 Å². The zero-order chi connectivity index (χ0) is 20.1. The van der Waals surface area contributed by atoms with Crippen LogP contribution in [-0.4, -0.2) is 51.5 Å². The van der Waals surface area contributed by atoms with Crippen LogP contribution in [0, 0.1) is 11.6 Å². The first-order valence-electron chi connectivity index (χ1n) is 8.78. The maximum atomic E-state index is 13.6. The van der Waals surface area contributed by atoms with Crippen LogP contribution < -0.4 is 5.32 Å². The largest absolute Gasteiger partial charge is 0.379 e. The van der Waals surface area contributed by atoms with Gasteiger partial charge < -0.3 is 10.1 Å². The van der Waals surface area contributed by atoms with E-state index in [9.17, 15) is 22.0 Å². The zero-order valence-corrected chi connectivity index (χ0v) is 15.8. The number of ether oxygens (including phenoxy) is 1. The first-order valence-corrected chi connectivity index (χ1v) is 10.2. The second kappa shape index (κ2) is 8.76. The SMILES string of the molecule is O=C(NCCc1ccc(S(=O)(=O)N2CCOCC2)cc1)c1ccc(F)cc1F. The molecule has 0 saturated carbocycles. The van der Waals surface area contributed by atoms with Crippen molar-refractivity contribution in [3.63, 3.8) is 0 Å². The van der Waals surface area contributed by atoms with Crippen molar-refractivity contribution in [2.45, 2.75) is 11.3 Å². The van der Waals surface area contributed by atoms with E-state index in [4.69, 9.17) is 4.74 Å². The second-order valence-corrected chi connectivity index (χ2v) is 8.23. The van der Waals surface area contributed by atoms with Gasteiger partial charge in [-0.25, -0.2) is 17.2 Å². The lowest BCUT2D eigenvalue weighted by Crippen LogP contribution is -2.40. The summed E-state index contributed by atoms with van der Waals surface area (Å²) in [6, 6.07) is 9.18. The molecule has 1 aliphatic heterocycles. The Labute approximate surface area is 162 Å². The number of hydrogen-bond donors (Lipinski definition) is 1. The monoisotopic (exact) mass is 410 g/mol. The standard InChI is InChI=1S/C19H20F2N2O4S/c20-15-3-6-17(18(21)13-15)19(24)22-8-7-14-1-4-16(5-2-14)28(25,26)23-9-11-27-12-10-23/h1-6,13H,7-12H2,(H,22,24). The quantitative estimate of drug-likeness (QED) is 0.790. The Morgan fingerprint density at radius 3 is 2.39 bits per heavy atom. The summed E-state index contributed by atoms with van der Waals surface area (Å²) in [7, 11) is -3.55. The van der Waals surface area contributed by atoms with Gasteiger partial charge in [-0.2, -0.15) is 4.31 Å². The fourth-order valence-electron chi connectivity index (χ4n) is 2.85. The van der Waals surface area contributed by atoms with E-state index in [1.807, 2.05) is 0 Å². The minimum Gasteiger partial charge on any atom is -0.379 e. The number of carbonyl (C=O) groups excluding carboxylic acids is 1. The van der Waals surface area contributed by atoms with Crippen molar-refractivity contribution >= 4 is 15.9 Å². The van der Waals surface area contributed by atoms with Gasteiger partial charge in [0.25, 0.3) is 5.91 Å². The molecule has 28 heavy (non-hydrogen) atoms. The molecule has 1 N–H and O–H groups in total. The summed E-state index contributed by atoms with van der Waals surface area (Å²) in [6.07, 6.45) is 0.437. The maximum absolute atomic E-state index is 13.6. The number of nitrogens with zero attached hydrogens (tertiary/aromatic N) is 1. The van der Waals surface area contributed by atoms with Crippen molar-refractivity contribution < 1.29 is 26.7 Å². The van der Waals surface area contributed by atoms with Crippen molar-refractivity contribution in [3.05, 3.63) is 65.2 Å². The molecule has 0 unspecified atom stereocenters. The molecule has 0 atom stereocenters. The van der Waals surface area contributed by atoms with Crippen molar-refractivity contribution in [1.82, 2.24) is 9.62 Å². The minimum atomic E-state index is -3.55. The third-order valence-electron chi connectivity index (χ3n) is 4.41. The normalized spacial score (nSPS) is 15.4. The van der Waals surface area contributed by atoms with Gasteiger partial charge in [-0.15, -0.1) is 0 Å². The smallest absolute Gasteiger partial charge is 0.254 e. The number of sulfonamides is 1. The predicted molar refractivity (Wildman–Crippen MR) is 98.4 cm³/mol. The molecule has 9 heteroatoms. The van der Waals surface area contributed by atoms with Gasteiger partial charge in [0, 0.05) is 25.7 Å². The molecule has 0 bridgehead atoms. The van der Waals surface area contributed by atoms with Gasteiger partial charge in [0.05, 0.1) is 23.7 Å². The molecule has 150 valence electrons. The summed E-state index contributed by atoms with van der Waals surface area (Å²) in [6.45, 7) is 1.65. The lowest BCUT2D eigenvalue weighted by molar-refractivity contribution is 0.0730. The maximum Gasteiger partial charge on any atom is 0.254 e. The highest BCUT2D eigenvalue weighted by Crippen LogP contribution is 2.18. The van der Waals surface area contributed by atoms with Crippen LogP contribution in [0.2, 0.25) is 0 Å². The van der Waals surface area contributed by atoms with E-state index < -0.39 is 27.6 Å². The molecule has 6 nitrogen and oxygen atoms in total. The Kier molecular flexibility index (Phi) is 6.38. The van der Waals surface area contributed by atoms with Crippen LogP contribution in [0.1, 0.15) is 15.9 Å². The number of nitrogens with one attached hydrogen (secondary N) is 1. The molecular weight excluding hydrogens is 390 g/mol. The highest BCUT2D eigenvalue weighted by atomic mass is 32.2. The van der Waals surface area contributed by atoms with Gasteiger partial charge in [0.1, 0.15) is 11.6 Å². The molecule has 0 aromatic heterocycles. The Morgan fingerprint density at radius 2 is 1.75 bits per heavy atom. The number of amides is 1. The molecule has 1 amide bonds. The Morgan fingerprint density at radius 1 is 1.07 bits per heavy atom. The van der Waals surface area contributed by atoms with E-state index in [0.29, 0.717) is 38.8 Å². The molecule has 2 aromatic rings. The van der Waals surface area contributed by atoms with Crippen molar-refractivity contribution in [2.24, 2.45) is 0 Å². The Balaban J connectivity index is 1.56. The molecule has 0 radical (unpaired) electrons. The van der Waals surface area contributed by atoms with Crippen LogP contribution >= 0.6 is 0 Å². The molecule has 0 spiro atoms. The highest BCUT2D eigenvalue weighted by Gasteiger charge is 2.26. The summed E-state index contributed by atoms with van der Waals surface area (Å²) in [4.78, 5) is 12.2. The summed E-state index contributed by atoms with van der Waals surface area (Å²) >= 11 is 0. The second-order valence-electron chi connectivity index (χ2n) is 6.29. The number of carbonyl (C=O) groups is 1. The van der Waals surface area contributed by atoms with Gasteiger partial charge >= 0.3 is 0 Å². The van der Waals surface area contributed by atoms with Gasteiger partial charge in [-0.3, -0.25) is 4.79 Å². The van der Waals surface area contributed by atoms with E-state index in [1.54, 1.807) is 12.1 Å². The first-order chi connectivity index (χ1) is 13.4. The van der Waals surface area contributed by atoms with Crippen molar-refractivity contribution in [3.8, 4) is 0 Å². The topological polar surface area (TPSA) is 75.7 Å². The first kappa shape index (κ1) is 20.4. The number of rotatable bonds is 6. The van der Waals surface area contributed by atoms with E-state index >= 15 is 0 Å². The van der Waals surface area contributed by atoms with E-state index in [0.717, 1.165) is 17.7 Å². The molecular formula is C19H20F2N2O4S. The molecule has 1 saturated heterocycles.